The highest BCUT2D eigenvalue weighted by atomic mass is 16.4. The van der Waals surface area contributed by atoms with Gasteiger partial charge in [0.05, 0.1) is 0 Å². The second-order valence-corrected chi connectivity index (χ2v) is 4.74. The zero-order chi connectivity index (χ0) is 12.8. The van der Waals surface area contributed by atoms with E-state index in [1.165, 1.54) is 0 Å². The molecule has 1 saturated carbocycles. The predicted molar refractivity (Wildman–Crippen MR) is 64.8 cm³/mol. The van der Waals surface area contributed by atoms with Crippen molar-refractivity contribution in [2.24, 2.45) is 11.8 Å². The van der Waals surface area contributed by atoms with Crippen molar-refractivity contribution in [2.75, 3.05) is 6.54 Å². The molecular formula is C12H22N2O3. The molecule has 0 aromatic rings. The monoisotopic (exact) mass is 242 g/mol. The van der Waals surface area contributed by atoms with Crippen LogP contribution in [0.3, 0.4) is 0 Å². The van der Waals surface area contributed by atoms with Crippen molar-refractivity contribution in [3.63, 3.8) is 0 Å². The summed E-state index contributed by atoms with van der Waals surface area (Å²) in [4.78, 5) is 22.0. The highest BCUT2D eigenvalue weighted by Crippen LogP contribution is 2.32. The summed E-state index contributed by atoms with van der Waals surface area (Å²) in [7, 11) is 0. The maximum atomic E-state index is 11.5. The lowest BCUT2D eigenvalue weighted by Gasteiger charge is -2.13. The van der Waals surface area contributed by atoms with Crippen molar-refractivity contribution >= 4 is 12.0 Å². The molecule has 1 rings (SSSR count). The van der Waals surface area contributed by atoms with Gasteiger partial charge in [0.2, 0.25) is 0 Å². The van der Waals surface area contributed by atoms with Crippen molar-refractivity contribution < 1.29 is 14.7 Å². The molecule has 0 aromatic heterocycles. The summed E-state index contributed by atoms with van der Waals surface area (Å²) in [5.74, 6) is -0.173. The summed E-state index contributed by atoms with van der Waals surface area (Å²) >= 11 is 0. The molecule has 0 radical (unpaired) electrons. The van der Waals surface area contributed by atoms with E-state index < -0.39 is 5.97 Å². The Morgan fingerprint density at radius 2 is 2.12 bits per heavy atom. The van der Waals surface area contributed by atoms with Gasteiger partial charge in [-0.05, 0) is 18.3 Å². The molecule has 0 aromatic carbocycles. The van der Waals surface area contributed by atoms with Crippen LogP contribution in [0.4, 0.5) is 4.79 Å². The number of carboxylic acid groups (broad SMARTS) is 1. The van der Waals surface area contributed by atoms with Gasteiger partial charge in [0, 0.05) is 19.0 Å². The molecule has 0 saturated heterocycles. The van der Waals surface area contributed by atoms with E-state index in [1.54, 1.807) is 0 Å². The van der Waals surface area contributed by atoms with Gasteiger partial charge in [0.15, 0.2) is 0 Å². The topological polar surface area (TPSA) is 78.4 Å². The van der Waals surface area contributed by atoms with Gasteiger partial charge in [-0.25, -0.2) is 4.79 Å². The molecule has 0 spiro atoms. The summed E-state index contributed by atoms with van der Waals surface area (Å²) < 4.78 is 0. The molecule has 98 valence electrons. The van der Waals surface area contributed by atoms with E-state index >= 15 is 0 Å². The van der Waals surface area contributed by atoms with Crippen molar-refractivity contribution in [1.82, 2.24) is 10.6 Å². The minimum absolute atomic E-state index is 0.0134. The van der Waals surface area contributed by atoms with Gasteiger partial charge in [-0.3, -0.25) is 4.79 Å². The molecule has 1 aliphatic carbocycles. The molecule has 3 unspecified atom stereocenters. The number of aliphatic carboxylic acids is 1. The van der Waals surface area contributed by atoms with E-state index in [4.69, 9.17) is 5.11 Å². The highest BCUT2D eigenvalue weighted by molar-refractivity contribution is 5.74. The van der Waals surface area contributed by atoms with Gasteiger partial charge in [-0.2, -0.15) is 0 Å². The van der Waals surface area contributed by atoms with Crippen LogP contribution in [-0.2, 0) is 4.79 Å². The van der Waals surface area contributed by atoms with Crippen molar-refractivity contribution in [3.8, 4) is 0 Å². The van der Waals surface area contributed by atoms with Crippen LogP contribution in [0, 0.1) is 11.8 Å². The molecule has 1 fully saturated rings. The van der Waals surface area contributed by atoms with E-state index in [-0.39, 0.29) is 18.4 Å². The third kappa shape index (κ3) is 5.06. The lowest BCUT2D eigenvalue weighted by Crippen LogP contribution is -2.40. The SMILES string of the molecule is CCC(CNC(=O)NC1CC1CC)CC(=O)O. The molecule has 0 aliphatic heterocycles. The summed E-state index contributed by atoms with van der Waals surface area (Å²) in [5.41, 5.74) is 0. The van der Waals surface area contributed by atoms with E-state index in [2.05, 4.69) is 17.6 Å². The summed E-state index contributed by atoms with van der Waals surface area (Å²) in [5, 5.41) is 14.3. The van der Waals surface area contributed by atoms with Gasteiger partial charge in [-0.1, -0.05) is 26.7 Å². The number of carboxylic acids is 1. The third-order valence-corrected chi connectivity index (χ3v) is 3.36. The zero-order valence-electron chi connectivity index (χ0n) is 10.5. The molecule has 5 nitrogen and oxygen atoms in total. The Morgan fingerprint density at radius 3 is 2.59 bits per heavy atom. The Balaban J connectivity index is 2.15. The largest absolute Gasteiger partial charge is 0.481 e. The molecule has 17 heavy (non-hydrogen) atoms. The van der Waals surface area contributed by atoms with Crippen LogP contribution in [0.1, 0.15) is 39.5 Å². The van der Waals surface area contributed by atoms with Crippen LogP contribution < -0.4 is 10.6 Å². The molecule has 1 aliphatic rings. The summed E-state index contributed by atoms with van der Waals surface area (Å²) in [6.07, 6.45) is 3.03. The fraction of sp³-hybridized carbons (Fsp3) is 0.833. The van der Waals surface area contributed by atoms with Crippen LogP contribution in [0.15, 0.2) is 0 Å². The number of hydrogen-bond acceptors (Lipinski definition) is 2. The number of urea groups is 1. The Bertz CT molecular complexity index is 281. The summed E-state index contributed by atoms with van der Waals surface area (Å²) in [6, 6.07) is 0.148. The zero-order valence-corrected chi connectivity index (χ0v) is 10.5. The number of carbonyl (C=O) groups excluding carboxylic acids is 1. The van der Waals surface area contributed by atoms with Gasteiger partial charge in [0.25, 0.3) is 0 Å². The van der Waals surface area contributed by atoms with E-state index in [0.29, 0.717) is 18.5 Å². The molecule has 0 bridgehead atoms. The molecule has 0 heterocycles. The van der Waals surface area contributed by atoms with Crippen molar-refractivity contribution in [1.29, 1.82) is 0 Å². The smallest absolute Gasteiger partial charge is 0.315 e. The number of carbonyl (C=O) groups is 2. The fourth-order valence-corrected chi connectivity index (χ4v) is 1.94. The first-order valence-electron chi connectivity index (χ1n) is 6.32. The quantitative estimate of drug-likeness (QED) is 0.634. The van der Waals surface area contributed by atoms with E-state index in [9.17, 15) is 9.59 Å². The molecule has 5 heteroatoms. The van der Waals surface area contributed by atoms with Crippen molar-refractivity contribution in [2.45, 2.75) is 45.6 Å². The normalized spacial score (nSPS) is 23.9. The fourth-order valence-electron chi connectivity index (χ4n) is 1.94. The number of hydrogen-bond donors (Lipinski definition) is 3. The number of rotatable bonds is 7. The predicted octanol–water partition coefficient (Wildman–Crippen LogP) is 1.58. The van der Waals surface area contributed by atoms with Crippen LogP contribution >= 0.6 is 0 Å². The maximum Gasteiger partial charge on any atom is 0.315 e. The lowest BCUT2D eigenvalue weighted by atomic mass is 10.0. The second-order valence-electron chi connectivity index (χ2n) is 4.74. The van der Waals surface area contributed by atoms with Crippen LogP contribution in [0.2, 0.25) is 0 Å². The second kappa shape index (κ2) is 6.47. The van der Waals surface area contributed by atoms with Gasteiger partial charge in [-0.15, -0.1) is 0 Å². The average molecular weight is 242 g/mol. The molecule has 3 atom stereocenters. The average Bonchev–Trinajstić information content (AvgIpc) is 3.02. The Labute approximate surface area is 102 Å². The van der Waals surface area contributed by atoms with Crippen LogP contribution in [0.5, 0.6) is 0 Å². The number of nitrogens with one attached hydrogen (secondary N) is 2. The van der Waals surface area contributed by atoms with Gasteiger partial charge in [0.1, 0.15) is 0 Å². The molecular weight excluding hydrogens is 220 g/mol. The van der Waals surface area contributed by atoms with Gasteiger partial charge >= 0.3 is 12.0 Å². The molecule has 2 amide bonds. The first kappa shape index (κ1) is 13.8. The Kier molecular flexibility index (Phi) is 5.25. The third-order valence-electron chi connectivity index (χ3n) is 3.36. The number of amides is 2. The van der Waals surface area contributed by atoms with Gasteiger partial charge < -0.3 is 15.7 Å². The maximum absolute atomic E-state index is 11.5. The standard InChI is InChI=1S/C12H22N2O3/c1-3-8(5-11(15)16)7-13-12(17)14-10-6-9(10)4-2/h8-10H,3-7H2,1-2H3,(H,15,16)(H2,13,14,17). The van der Waals surface area contributed by atoms with E-state index in [0.717, 1.165) is 19.3 Å². The first-order chi connectivity index (χ1) is 8.06. The van der Waals surface area contributed by atoms with Crippen molar-refractivity contribution in [3.05, 3.63) is 0 Å². The highest BCUT2D eigenvalue weighted by Gasteiger charge is 2.36. The first-order valence-corrected chi connectivity index (χ1v) is 6.32. The van der Waals surface area contributed by atoms with E-state index in [1.807, 2.05) is 6.92 Å². The minimum Gasteiger partial charge on any atom is -0.481 e. The van der Waals surface area contributed by atoms with Crippen LogP contribution in [-0.4, -0.2) is 29.7 Å². The summed E-state index contributed by atoms with van der Waals surface area (Å²) in [6.45, 7) is 4.48. The molecule has 3 N–H and O–H groups in total. The Morgan fingerprint density at radius 1 is 1.41 bits per heavy atom. The minimum atomic E-state index is -0.813. The lowest BCUT2D eigenvalue weighted by molar-refractivity contribution is -0.138. The Hall–Kier alpha value is -1.26. The van der Waals surface area contributed by atoms with Crippen LogP contribution in [0.25, 0.3) is 0 Å².